The van der Waals surface area contributed by atoms with E-state index < -0.39 is 11.2 Å². The van der Waals surface area contributed by atoms with E-state index in [9.17, 15) is 19.5 Å². The zero-order chi connectivity index (χ0) is 17.2. The van der Waals surface area contributed by atoms with Crippen LogP contribution in [0, 0.1) is 0 Å². The summed E-state index contributed by atoms with van der Waals surface area (Å²) in [6.07, 6.45) is 6.07. The van der Waals surface area contributed by atoms with E-state index in [0.29, 0.717) is 16.7 Å². The van der Waals surface area contributed by atoms with Crippen molar-refractivity contribution in [3.63, 3.8) is 0 Å². The Balaban J connectivity index is 2.06. The maximum Gasteiger partial charge on any atom is 0.227 e. The summed E-state index contributed by atoms with van der Waals surface area (Å²) in [4.78, 5) is 37.0. The van der Waals surface area contributed by atoms with E-state index in [-0.39, 0.29) is 22.9 Å². The number of rotatable bonds is 0. The Labute approximate surface area is 139 Å². The molecular weight excluding hydrogens is 304 g/mol. The smallest absolute Gasteiger partial charge is 0.227 e. The Hall–Kier alpha value is -2.75. The first-order valence-electron chi connectivity index (χ1n) is 7.95. The molecule has 1 atom stereocenters. The van der Waals surface area contributed by atoms with Gasteiger partial charge in [0.15, 0.2) is 17.3 Å². The summed E-state index contributed by atoms with van der Waals surface area (Å²) in [5.41, 5.74) is 2.61. The average molecular weight is 320 g/mol. The number of Topliss-reactive ketones (excluding diaryl/α,β-unsaturated/α-hetero) is 1. The molecule has 0 saturated carbocycles. The second-order valence-corrected chi connectivity index (χ2v) is 6.82. The number of ketones is 3. The second-order valence-electron chi connectivity index (χ2n) is 6.82. The Kier molecular flexibility index (Phi) is 2.86. The summed E-state index contributed by atoms with van der Waals surface area (Å²) in [6, 6.07) is 3.15. The summed E-state index contributed by atoms with van der Waals surface area (Å²) in [5.74, 6) is -1.25. The second kappa shape index (κ2) is 4.63. The summed E-state index contributed by atoms with van der Waals surface area (Å²) in [5, 5.41) is 10.5. The molecule has 0 saturated heterocycles. The Morgan fingerprint density at radius 2 is 1.62 bits per heavy atom. The van der Waals surface area contributed by atoms with E-state index in [1.165, 1.54) is 18.2 Å². The number of allylic oxidation sites excluding steroid dienone is 6. The summed E-state index contributed by atoms with van der Waals surface area (Å²) in [7, 11) is 0. The molecule has 0 heterocycles. The van der Waals surface area contributed by atoms with Crippen LogP contribution in [0.25, 0.3) is 0 Å². The molecule has 4 heteroatoms. The molecule has 0 spiro atoms. The van der Waals surface area contributed by atoms with Crippen LogP contribution in [0.1, 0.15) is 63.3 Å². The quantitative estimate of drug-likeness (QED) is 0.792. The molecule has 1 aromatic rings. The monoisotopic (exact) mass is 320 g/mol. The van der Waals surface area contributed by atoms with Crippen LogP contribution in [0.2, 0.25) is 0 Å². The first-order chi connectivity index (χ1) is 11.3. The van der Waals surface area contributed by atoms with E-state index in [4.69, 9.17) is 0 Å². The molecule has 0 aromatic heterocycles. The first-order valence-corrected chi connectivity index (χ1v) is 7.95. The molecule has 0 bridgehead atoms. The van der Waals surface area contributed by atoms with Crippen molar-refractivity contribution in [1.29, 1.82) is 0 Å². The number of aliphatic hydroxyl groups is 1. The third-order valence-corrected chi connectivity index (χ3v) is 5.41. The van der Waals surface area contributed by atoms with Crippen molar-refractivity contribution in [2.24, 2.45) is 0 Å². The van der Waals surface area contributed by atoms with E-state index in [1.54, 1.807) is 6.07 Å². The normalized spacial score (nSPS) is 25.2. The molecule has 3 aliphatic rings. The van der Waals surface area contributed by atoms with Crippen LogP contribution in [-0.2, 0) is 5.41 Å². The lowest BCUT2D eigenvalue weighted by Gasteiger charge is -2.41. The van der Waals surface area contributed by atoms with Crippen LogP contribution in [0.3, 0.4) is 0 Å². The van der Waals surface area contributed by atoms with Gasteiger partial charge in [0.05, 0.1) is 0 Å². The van der Waals surface area contributed by atoms with Crippen molar-refractivity contribution in [3.05, 3.63) is 69.5 Å². The van der Waals surface area contributed by atoms with Gasteiger partial charge in [0.25, 0.3) is 0 Å². The van der Waals surface area contributed by atoms with E-state index in [1.807, 2.05) is 19.9 Å². The molecule has 1 aromatic carbocycles. The number of hydrogen-bond acceptors (Lipinski definition) is 4. The minimum Gasteiger partial charge on any atom is -0.504 e. The van der Waals surface area contributed by atoms with Crippen molar-refractivity contribution >= 4 is 17.3 Å². The molecule has 4 rings (SSSR count). The predicted octanol–water partition coefficient (Wildman–Crippen LogP) is 3.63. The van der Waals surface area contributed by atoms with Crippen LogP contribution in [0.4, 0.5) is 0 Å². The van der Waals surface area contributed by atoms with Crippen molar-refractivity contribution in [3.8, 4) is 0 Å². The third kappa shape index (κ3) is 1.71. The van der Waals surface area contributed by atoms with Gasteiger partial charge in [-0.1, -0.05) is 13.0 Å². The maximum absolute atomic E-state index is 12.7. The van der Waals surface area contributed by atoms with Gasteiger partial charge in [0.1, 0.15) is 0 Å². The van der Waals surface area contributed by atoms with Gasteiger partial charge in [0, 0.05) is 27.7 Å². The first kappa shape index (κ1) is 14.8. The number of aliphatic hydroxyl groups excluding tert-OH is 1. The van der Waals surface area contributed by atoms with Crippen molar-refractivity contribution in [2.75, 3.05) is 0 Å². The molecule has 24 heavy (non-hydrogen) atoms. The highest BCUT2D eigenvalue weighted by atomic mass is 16.3. The molecule has 3 aliphatic carbocycles. The van der Waals surface area contributed by atoms with Crippen LogP contribution < -0.4 is 0 Å². The molecule has 0 aliphatic heterocycles. The third-order valence-electron chi connectivity index (χ3n) is 5.41. The lowest BCUT2D eigenvalue weighted by atomic mass is 9.62. The fourth-order valence-electron chi connectivity index (χ4n) is 4.18. The van der Waals surface area contributed by atoms with Crippen molar-refractivity contribution in [1.82, 2.24) is 0 Å². The largest absolute Gasteiger partial charge is 0.504 e. The average Bonchev–Trinajstić information content (AvgIpc) is 2.55. The minimum atomic E-state index is -0.536. The molecule has 4 nitrogen and oxygen atoms in total. The van der Waals surface area contributed by atoms with Crippen LogP contribution in [0.5, 0.6) is 0 Å². The molecular formula is C20H16O4. The van der Waals surface area contributed by atoms with Gasteiger partial charge < -0.3 is 5.11 Å². The standard InChI is InChI=1S/C20H16O4/c1-10-4-3-7-20(2)14-9-12-11(15(21)5-6-16(12)22)8-13(14)18(23)19(24)17(10)20/h4-6,8-9,24H,3,7H2,1-2H3. The van der Waals surface area contributed by atoms with Gasteiger partial charge in [-0.2, -0.15) is 0 Å². The van der Waals surface area contributed by atoms with Gasteiger partial charge >= 0.3 is 0 Å². The molecule has 0 radical (unpaired) electrons. The number of carbonyl (C=O) groups is 3. The zero-order valence-electron chi connectivity index (χ0n) is 13.5. The fourth-order valence-corrected chi connectivity index (χ4v) is 4.18. The van der Waals surface area contributed by atoms with Crippen LogP contribution in [-0.4, -0.2) is 22.5 Å². The minimum absolute atomic E-state index is 0.230. The van der Waals surface area contributed by atoms with Gasteiger partial charge in [-0.05, 0) is 55.2 Å². The Morgan fingerprint density at radius 3 is 2.29 bits per heavy atom. The number of benzene rings is 1. The van der Waals surface area contributed by atoms with Crippen LogP contribution in [0.15, 0.2) is 47.3 Å². The molecule has 120 valence electrons. The zero-order valence-corrected chi connectivity index (χ0v) is 13.5. The summed E-state index contributed by atoms with van der Waals surface area (Å²) >= 11 is 0. The maximum atomic E-state index is 12.7. The van der Waals surface area contributed by atoms with E-state index >= 15 is 0 Å². The molecule has 1 N–H and O–H groups in total. The number of hydrogen-bond donors (Lipinski definition) is 1. The Bertz CT molecular complexity index is 943. The van der Waals surface area contributed by atoms with Crippen LogP contribution >= 0.6 is 0 Å². The lowest BCUT2D eigenvalue weighted by Crippen LogP contribution is -2.37. The molecule has 0 amide bonds. The van der Waals surface area contributed by atoms with Crippen molar-refractivity contribution in [2.45, 2.75) is 32.1 Å². The number of fused-ring (bicyclic) bond motifs is 4. The lowest BCUT2D eigenvalue weighted by molar-refractivity contribution is 0.0959. The topological polar surface area (TPSA) is 71.4 Å². The fraction of sp³-hybridized carbons (Fsp3) is 0.250. The SMILES string of the molecule is CC1=CCCC2(C)C1=C(O)C(=O)c1cc3c(cc12)C(=O)C=CC3=O. The molecule has 1 unspecified atom stereocenters. The van der Waals surface area contributed by atoms with Gasteiger partial charge in [0.2, 0.25) is 5.78 Å². The highest BCUT2D eigenvalue weighted by Gasteiger charge is 2.45. The van der Waals surface area contributed by atoms with Gasteiger partial charge in [-0.25, -0.2) is 0 Å². The van der Waals surface area contributed by atoms with E-state index in [2.05, 4.69) is 0 Å². The molecule has 0 fully saturated rings. The summed E-state index contributed by atoms with van der Waals surface area (Å²) in [6.45, 7) is 3.87. The Morgan fingerprint density at radius 1 is 1.00 bits per heavy atom. The van der Waals surface area contributed by atoms with Crippen molar-refractivity contribution < 1.29 is 19.5 Å². The highest BCUT2D eigenvalue weighted by molar-refractivity contribution is 6.23. The highest BCUT2D eigenvalue weighted by Crippen LogP contribution is 2.49. The number of carbonyl (C=O) groups excluding carboxylic acids is 3. The predicted molar refractivity (Wildman–Crippen MR) is 88.6 cm³/mol. The van der Waals surface area contributed by atoms with Gasteiger partial charge in [-0.3, -0.25) is 14.4 Å². The summed E-state index contributed by atoms with van der Waals surface area (Å²) < 4.78 is 0. The van der Waals surface area contributed by atoms with Gasteiger partial charge in [-0.15, -0.1) is 0 Å². The van der Waals surface area contributed by atoms with E-state index in [0.717, 1.165) is 24.0 Å².